The topological polar surface area (TPSA) is 15.3 Å². The lowest BCUT2D eigenvalue weighted by molar-refractivity contribution is 0.330. The second kappa shape index (κ2) is 6.35. The lowest BCUT2D eigenvalue weighted by atomic mass is 9.81. The zero-order chi connectivity index (χ0) is 13.0. The van der Waals surface area contributed by atoms with Crippen molar-refractivity contribution >= 4 is 0 Å². The molecule has 0 aromatic heterocycles. The molecular weight excluding hydrogens is 220 g/mol. The van der Waals surface area contributed by atoms with Crippen molar-refractivity contribution in [1.29, 1.82) is 0 Å². The highest BCUT2D eigenvalue weighted by Crippen LogP contribution is 2.36. The molecule has 0 amide bonds. The first-order valence-corrected chi connectivity index (χ1v) is 7.23. The molecule has 1 aliphatic rings. The van der Waals surface area contributed by atoms with E-state index < -0.39 is 0 Å². The predicted octanol–water partition coefficient (Wildman–Crippen LogP) is 3.17. The van der Waals surface area contributed by atoms with E-state index >= 15 is 0 Å². The lowest BCUT2D eigenvalue weighted by Gasteiger charge is -2.31. The fraction of sp³-hybridized carbons (Fsp3) is 0.625. The van der Waals surface area contributed by atoms with E-state index in [0.29, 0.717) is 6.04 Å². The van der Waals surface area contributed by atoms with E-state index in [1.54, 1.807) is 5.56 Å². The fourth-order valence-corrected chi connectivity index (χ4v) is 2.80. The highest BCUT2D eigenvalue weighted by atomic mass is 15.1. The van der Waals surface area contributed by atoms with Gasteiger partial charge in [-0.15, -0.1) is 0 Å². The number of benzene rings is 1. The third-order valence-corrected chi connectivity index (χ3v) is 4.21. The van der Waals surface area contributed by atoms with Gasteiger partial charge in [0.15, 0.2) is 0 Å². The lowest BCUT2D eigenvalue weighted by Crippen LogP contribution is -2.33. The molecule has 2 nitrogen and oxygen atoms in total. The number of nitrogens with zero attached hydrogens (tertiary/aromatic N) is 1. The van der Waals surface area contributed by atoms with Crippen molar-refractivity contribution in [3.63, 3.8) is 0 Å². The molecule has 1 N–H and O–H groups in total. The third kappa shape index (κ3) is 3.12. The molecule has 2 atom stereocenters. The van der Waals surface area contributed by atoms with E-state index in [0.717, 1.165) is 25.6 Å². The van der Waals surface area contributed by atoms with Crippen LogP contribution < -0.4 is 5.32 Å². The Bertz CT molecular complexity index is 375. The fourth-order valence-electron chi connectivity index (χ4n) is 2.80. The van der Waals surface area contributed by atoms with Gasteiger partial charge in [0.1, 0.15) is 0 Å². The highest BCUT2D eigenvalue weighted by Gasteiger charge is 2.23. The smallest absolute Gasteiger partial charge is 0.0323 e. The van der Waals surface area contributed by atoms with Crippen LogP contribution in [0.25, 0.3) is 0 Å². The molecule has 0 heterocycles. The number of fused-ring (bicyclic) bond motifs is 1. The normalized spacial score (nSPS) is 23.1. The number of nitrogens with one attached hydrogen (secondary N) is 1. The summed E-state index contributed by atoms with van der Waals surface area (Å²) in [5.74, 6) is 0.720. The van der Waals surface area contributed by atoms with E-state index in [1.165, 1.54) is 18.4 Å². The van der Waals surface area contributed by atoms with Gasteiger partial charge in [-0.3, -0.25) is 0 Å². The van der Waals surface area contributed by atoms with Crippen LogP contribution in [0.1, 0.15) is 49.8 Å². The predicted molar refractivity (Wildman–Crippen MR) is 78.0 cm³/mol. The van der Waals surface area contributed by atoms with Crippen molar-refractivity contribution in [3.05, 3.63) is 35.4 Å². The summed E-state index contributed by atoms with van der Waals surface area (Å²) in [4.78, 5) is 2.35. The first-order valence-electron chi connectivity index (χ1n) is 7.23. The average molecular weight is 246 g/mol. The first kappa shape index (κ1) is 13.6. The molecule has 0 spiro atoms. The molecule has 2 rings (SSSR count). The van der Waals surface area contributed by atoms with Crippen LogP contribution in [0.2, 0.25) is 0 Å². The maximum absolute atomic E-state index is 3.72. The van der Waals surface area contributed by atoms with Gasteiger partial charge in [0.2, 0.25) is 0 Å². The second-order valence-electron chi connectivity index (χ2n) is 5.51. The Labute approximate surface area is 111 Å². The molecule has 1 aliphatic carbocycles. The summed E-state index contributed by atoms with van der Waals surface area (Å²) in [6.45, 7) is 7.89. The highest BCUT2D eigenvalue weighted by molar-refractivity contribution is 5.34. The summed E-state index contributed by atoms with van der Waals surface area (Å²) in [6, 6.07) is 9.49. The number of likely N-dealkylation sites (N-methyl/N-ethyl adjacent to an activating group) is 1. The Hall–Kier alpha value is -0.860. The van der Waals surface area contributed by atoms with Gasteiger partial charge in [-0.25, -0.2) is 0 Å². The van der Waals surface area contributed by atoms with Gasteiger partial charge in [-0.05, 0) is 43.5 Å². The van der Waals surface area contributed by atoms with Crippen molar-refractivity contribution in [2.75, 3.05) is 26.7 Å². The Morgan fingerprint density at radius 3 is 2.67 bits per heavy atom. The van der Waals surface area contributed by atoms with E-state index in [9.17, 15) is 0 Å². The minimum Gasteiger partial charge on any atom is -0.309 e. The van der Waals surface area contributed by atoms with Crippen molar-refractivity contribution in [1.82, 2.24) is 10.2 Å². The minimum atomic E-state index is 0.558. The molecular formula is C16H26N2. The molecule has 0 fully saturated rings. The van der Waals surface area contributed by atoms with E-state index in [4.69, 9.17) is 0 Å². The molecule has 0 bridgehead atoms. The summed E-state index contributed by atoms with van der Waals surface area (Å²) >= 11 is 0. The van der Waals surface area contributed by atoms with Crippen LogP contribution in [0.3, 0.4) is 0 Å². The summed E-state index contributed by atoms with van der Waals surface area (Å²) in [5.41, 5.74) is 3.07. The molecule has 0 saturated heterocycles. The third-order valence-electron chi connectivity index (χ3n) is 4.21. The van der Waals surface area contributed by atoms with Crippen molar-refractivity contribution in [3.8, 4) is 0 Å². The van der Waals surface area contributed by atoms with Crippen LogP contribution in [0.5, 0.6) is 0 Å². The number of hydrogen-bond acceptors (Lipinski definition) is 2. The van der Waals surface area contributed by atoms with Crippen LogP contribution in [-0.4, -0.2) is 31.6 Å². The van der Waals surface area contributed by atoms with Crippen LogP contribution in [-0.2, 0) is 0 Å². The largest absolute Gasteiger partial charge is 0.309 e. The van der Waals surface area contributed by atoms with E-state index in [1.807, 2.05) is 0 Å². The first-order chi connectivity index (χ1) is 8.72. The SMILES string of the molecule is CCN(C)CCNC1CCC(C)c2ccccc21. The average Bonchev–Trinajstić information content (AvgIpc) is 2.41. The Morgan fingerprint density at radius 1 is 1.22 bits per heavy atom. The molecule has 0 aliphatic heterocycles. The Kier molecular flexibility index (Phi) is 4.79. The summed E-state index contributed by atoms with van der Waals surface area (Å²) in [5, 5.41) is 3.72. The zero-order valence-electron chi connectivity index (χ0n) is 11.9. The van der Waals surface area contributed by atoms with Gasteiger partial charge in [-0.1, -0.05) is 38.1 Å². The summed E-state index contributed by atoms with van der Waals surface area (Å²) in [7, 11) is 2.18. The van der Waals surface area contributed by atoms with E-state index in [2.05, 4.69) is 55.4 Å². The van der Waals surface area contributed by atoms with Gasteiger partial charge in [0.05, 0.1) is 0 Å². The molecule has 2 heteroatoms. The van der Waals surface area contributed by atoms with Gasteiger partial charge in [0, 0.05) is 19.1 Å². The molecule has 100 valence electrons. The van der Waals surface area contributed by atoms with Crippen LogP contribution in [0.4, 0.5) is 0 Å². The molecule has 18 heavy (non-hydrogen) atoms. The van der Waals surface area contributed by atoms with E-state index in [-0.39, 0.29) is 0 Å². The molecule has 0 radical (unpaired) electrons. The van der Waals surface area contributed by atoms with Gasteiger partial charge < -0.3 is 10.2 Å². The van der Waals surface area contributed by atoms with Gasteiger partial charge in [0.25, 0.3) is 0 Å². The maximum atomic E-state index is 3.72. The Balaban J connectivity index is 1.96. The molecule has 1 aromatic carbocycles. The molecule has 1 aromatic rings. The van der Waals surface area contributed by atoms with Gasteiger partial charge >= 0.3 is 0 Å². The quantitative estimate of drug-likeness (QED) is 0.858. The molecule has 0 saturated carbocycles. The van der Waals surface area contributed by atoms with Gasteiger partial charge in [-0.2, -0.15) is 0 Å². The Morgan fingerprint density at radius 2 is 1.94 bits per heavy atom. The standard InChI is InChI=1S/C16H26N2/c1-4-18(3)12-11-17-16-10-9-13(2)14-7-5-6-8-15(14)16/h5-8,13,16-17H,4,9-12H2,1-3H3. The number of rotatable bonds is 5. The summed E-state index contributed by atoms with van der Waals surface area (Å²) < 4.78 is 0. The van der Waals surface area contributed by atoms with Crippen molar-refractivity contribution in [2.45, 2.75) is 38.6 Å². The monoisotopic (exact) mass is 246 g/mol. The van der Waals surface area contributed by atoms with Crippen molar-refractivity contribution in [2.24, 2.45) is 0 Å². The maximum Gasteiger partial charge on any atom is 0.0323 e. The number of hydrogen-bond donors (Lipinski definition) is 1. The second-order valence-corrected chi connectivity index (χ2v) is 5.51. The van der Waals surface area contributed by atoms with Crippen LogP contribution in [0.15, 0.2) is 24.3 Å². The minimum absolute atomic E-state index is 0.558. The van der Waals surface area contributed by atoms with Crippen LogP contribution >= 0.6 is 0 Å². The summed E-state index contributed by atoms with van der Waals surface area (Å²) in [6.07, 6.45) is 2.58. The molecule has 2 unspecified atom stereocenters. The van der Waals surface area contributed by atoms with Crippen LogP contribution in [0, 0.1) is 0 Å². The zero-order valence-corrected chi connectivity index (χ0v) is 11.9. The van der Waals surface area contributed by atoms with Crippen molar-refractivity contribution < 1.29 is 0 Å².